The molecule has 5 heteroatoms. The minimum atomic E-state index is -0.706. The normalized spacial score (nSPS) is 15.6. The lowest BCUT2D eigenvalue weighted by molar-refractivity contribution is 0.154. The van der Waals surface area contributed by atoms with Crippen LogP contribution in [0.25, 0.3) is 5.65 Å². The van der Waals surface area contributed by atoms with E-state index >= 15 is 0 Å². The van der Waals surface area contributed by atoms with Crippen LogP contribution in [0.2, 0.25) is 0 Å². The lowest BCUT2D eigenvalue weighted by Crippen LogP contribution is -2.24. The minimum Gasteiger partial charge on any atom is -0.387 e. The van der Waals surface area contributed by atoms with Crippen LogP contribution in [0.5, 0.6) is 0 Å². The molecule has 0 fully saturated rings. The average molecular weight is 192 g/mol. The number of aliphatic hydroxyl groups excluding tert-OH is 1. The molecule has 0 saturated carbocycles. The van der Waals surface area contributed by atoms with E-state index in [2.05, 4.69) is 10.1 Å². The van der Waals surface area contributed by atoms with Crippen molar-refractivity contribution in [2.75, 3.05) is 0 Å². The summed E-state index contributed by atoms with van der Waals surface area (Å²) < 4.78 is 1.61. The van der Waals surface area contributed by atoms with Crippen molar-refractivity contribution in [3.05, 3.63) is 30.2 Å². The third-order valence-corrected chi connectivity index (χ3v) is 2.15. The molecule has 0 radical (unpaired) electrons. The average Bonchev–Trinajstić information content (AvgIpc) is 2.63. The Kier molecular flexibility index (Phi) is 2.18. The molecule has 74 valence electrons. The van der Waals surface area contributed by atoms with Crippen molar-refractivity contribution in [3.63, 3.8) is 0 Å². The van der Waals surface area contributed by atoms with Gasteiger partial charge in [0.15, 0.2) is 5.65 Å². The van der Waals surface area contributed by atoms with Gasteiger partial charge in [-0.05, 0) is 13.0 Å². The molecule has 0 saturated heterocycles. The summed E-state index contributed by atoms with van der Waals surface area (Å²) in [5.74, 6) is 0. The highest BCUT2D eigenvalue weighted by Crippen LogP contribution is 2.18. The first-order valence-electron chi connectivity index (χ1n) is 4.42. The first-order valence-corrected chi connectivity index (χ1v) is 4.42. The van der Waals surface area contributed by atoms with E-state index in [1.165, 1.54) is 6.33 Å². The predicted octanol–water partition coefficient (Wildman–Crippen LogP) is 0.110. The van der Waals surface area contributed by atoms with E-state index in [1.807, 2.05) is 6.07 Å². The highest BCUT2D eigenvalue weighted by Gasteiger charge is 2.16. The van der Waals surface area contributed by atoms with Gasteiger partial charge in [0.25, 0.3) is 0 Å². The van der Waals surface area contributed by atoms with Crippen LogP contribution in [0.3, 0.4) is 0 Å². The first kappa shape index (κ1) is 9.11. The van der Waals surface area contributed by atoms with Crippen molar-refractivity contribution in [3.8, 4) is 0 Å². The molecule has 2 aromatic rings. The SMILES string of the molecule is CC(N)C(O)c1cccn2ncnc12. The van der Waals surface area contributed by atoms with Gasteiger partial charge in [-0.15, -0.1) is 0 Å². The van der Waals surface area contributed by atoms with Crippen LogP contribution in [0.15, 0.2) is 24.7 Å². The van der Waals surface area contributed by atoms with Gasteiger partial charge < -0.3 is 10.8 Å². The summed E-state index contributed by atoms with van der Waals surface area (Å²) in [6.45, 7) is 1.75. The van der Waals surface area contributed by atoms with Gasteiger partial charge in [-0.3, -0.25) is 0 Å². The van der Waals surface area contributed by atoms with Crippen molar-refractivity contribution in [2.45, 2.75) is 19.1 Å². The number of hydrogen-bond acceptors (Lipinski definition) is 4. The predicted molar refractivity (Wildman–Crippen MR) is 51.6 cm³/mol. The van der Waals surface area contributed by atoms with Gasteiger partial charge in [0.2, 0.25) is 0 Å². The van der Waals surface area contributed by atoms with E-state index in [0.717, 1.165) is 0 Å². The smallest absolute Gasteiger partial charge is 0.161 e. The number of nitrogens with two attached hydrogens (primary N) is 1. The van der Waals surface area contributed by atoms with Crippen LogP contribution in [0.1, 0.15) is 18.6 Å². The molecule has 5 nitrogen and oxygen atoms in total. The van der Waals surface area contributed by atoms with Crippen LogP contribution in [0, 0.1) is 0 Å². The molecule has 2 heterocycles. The van der Waals surface area contributed by atoms with Crippen LogP contribution in [-0.2, 0) is 0 Å². The Labute approximate surface area is 81.2 Å². The second kappa shape index (κ2) is 3.36. The second-order valence-corrected chi connectivity index (χ2v) is 3.30. The molecule has 2 rings (SSSR count). The molecule has 2 aromatic heterocycles. The minimum absolute atomic E-state index is 0.321. The number of nitrogens with zero attached hydrogens (tertiary/aromatic N) is 3. The van der Waals surface area contributed by atoms with E-state index in [4.69, 9.17) is 5.73 Å². The van der Waals surface area contributed by atoms with Gasteiger partial charge in [0, 0.05) is 17.8 Å². The molecule has 14 heavy (non-hydrogen) atoms. The zero-order valence-corrected chi connectivity index (χ0v) is 7.83. The summed E-state index contributed by atoms with van der Waals surface area (Å²) in [6, 6.07) is 3.29. The Morgan fingerprint density at radius 1 is 1.57 bits per heavy atom. The van der Waals surface area contributed by atoms with Gasteiger partial charge in [0.1, 0.15) is 6.33 Å². The van der Waals surface area contributed by atoms with Crippen molar-refractivity contribution in [2.24, 2.45) is 5.73 Å². The number of pyridine rings is 1. The summed E-state index contributed by atoms with van der Waals surface area (Å²) in [6.07, 6.45) is 2.52. The fourth-order valence-corrected chi connectivity index (χ4v) is 1.38. The van der Waals surface area contributed by atoms with Gasteiger partial charge in [-0.25, -0.2) is 9.50 Å². The lowest BCUT2D eigenvalue weighted by Gasteiger charge is -2.14. The molecule has 0 amide bonds. The molecular formula is C9H12N4O. The highest BCUT2D eigenvalue weighted by molar-refractivity contribution is 5.47. The number of rotatable bonds is 2. The zero-order chi connectivity index (χ0) is 10.1. The van der Waals surface area contributed by atoms with Gasteiger partial charge in [-0.2, -0.15) is 5.10 Å². The molecule has 3 N–H and O–H groups in total. The second-order valence-electron chi connectivity index (χ2n) is 3.30. The standard InChI is InChI=1S/C9H12N4O/c1-6(10)8(14)7-3-2-4-13-9(7)11-5-12-13/h2-6,8,14H,10H2,1H3. The van der Waals surface area contributed by atoms with E-state index < -0.39 is 6.10 Å². The van der Waals surface area contributed by atoms with Gasteiger partial charge >= 0.3 is 0 Å². The number of hydrogen-bond donors (Lipinski definition) is 2. The topological polar surface area (TPSA) is 76.4 Å². The van der Waals surface area contributed by atoms with Crippen LogP contribution in [-0.4, -0.2) is 25.7 Å². The fourth-order valence-electron chi connectivity index (χ4n) is 1.38. The summed E-state index contributed by atoms with van der Waals surface area (Å²) in [4.78, 5) is 4.06. The molecule has 2 unspecified atom stereocenters. The highest BCUT2D eigenvalue weighted by atomic mass is 16.3. The van der Waals surface area contributed by atoms with Crippen molar-refractivity contribution in [1.29, 1.82) is 0 Å². The summed E-state index contributed by atoms with van der Waals surface area (Å²) in [7, 11) is 0. The van der Waals surface area contributed by atoms with E-state index in [0.29, 0.717) is 11.2 Å². The first-order chi connectivity index (χ1) is 6.70. The third kappa shape index (κ3) is 1.36. The largest absolute Gasteiger partial charge is 0.387 e. The monoisotopic (exact) mass is 192 g/mol. The summed E-state index contributed by atoms with van der Waals surface area (Å²) in [5, 5.41) is 13.8. The molecule has 0 aliphatic rings. The van der Waals surface area contributed by atoms with Crippen LogP contribution >= 0.6 is 0 Å². The van der Waals surface area contributed by atoms with E-state index in [-0.39, 0.29) is 6.04 Å². The number of aliphatic hydroxyl groups is 1. The Bertz CT molecular complexity index is 437. The molecular weight excluding hydrogens is 180 g/mol. The molecule has 2 atom stereocenters. The number of aromatic nitrogens is 3. The Balaban J connectivity index is 2.56. The van der Waals surface area contributed by atoms with Crippen LogP contribution in [0.4, 0.5) is 0 Å². The Morgan fingerprint density at radius 2 is 2.36 bits per heavy atom. The molecule has 0 spiro atoms. The zero-order valence-electron chi connectivity index (χ0n) is 7.83. The lowest BCUT2D eigenvalue weighted by atomic mass is 10.1. The van der Waals surface area contributed by atoms with Gasteiger partial charge in [0.05, 0.1) is 6.10 Å². The Morgan fingerprint density at radius 3 is 3.07 bits per heavy atom. The Hall–Kier alpha value is -1.46. The molecule has 0 aromatic carbocycles. The quantitative estimate of drug-likeness (QED) is 0.708. The van der Waals surface area contributed by atoms with E-state index in [9.17, 15) is 5.11 Å². The van der Waals surface area contributed by atoms with Crippen LogP contribution < -0.4 is 5.73 Å². The van der Waals surface area contributed by atoms with Crippen molar-refractivity contribution < 1.29 is 5.11 Å². The maximum Gasteiger partial charge on any atom is 0.161 e. The third-order valence-electron chi connectivity index (χ3n) is 2.15. The number of fused-ring (bicyclic) bond motifs is 1. The van der Waals surface area contributed by atoms with Gasteiger partial charge in [-0.1, -0.05) is 6.07 Å². The molecule has 0 aliphatic heterocycles. The maximum absolute atomic E-state index is 9.81. The fraction of sp³-hybridized carbons (Fsp3) is 0.333. The van der Waals surface area contributed by atoms with Crippen molar-refractivity contribution >= 4 is 5.65 Å². The maximum atomic E-state index is 9.81. The molecule has 0 aliphatic carbocycles. The van der Waals surface area contributed by atoms with E-state index in [1.54, 1.807) is 23.7 Å². The molecule has 0 bridgehead atoms. The summed E-state index contributed by atoms with van der Waals surface area (Å²) >= 11 is 0. The summed E-state index contributed by atoms with van der Waals surface area (Å²) in [5.41, 5.74) is 6.98. The van der Waals surface area contributed by atoms with Crippen molar-refractivity contribution in [1.82, 2.24) is 14.6 Å².